The molecular weight excluding hydrogens is 354 g/mol. The quantitative estimate of drug-likeness (QED) is 0.708. The largest absolute Gasteiger partial charge is 0.494 e. The van der Waals surface area contributed by atoms with Crippen molar-refractivity contribution in [1.29, 1.82) is 5.26 Å². The van der Waals surface area contributed by atoms with E-state index in [1.807, 2.05) is 36.4 Å². The van der Waals surface area contributed by atoms with Gasteiger partial charge in [-0.1, -0.05) is 13.0 Å². The van der Waals surface area contributed by atoms with Gasteiger partial charge in [-0.2, -0.15) is 5.26 Å². The molecule has 0 spiro atoms. The van der Waals surface area contributed by atoms with E-state index in [0.717, 1.165) is 34.6 Å². The predicted octanol–water partition coefficient (Wildman–Crippen LogP) is 3.48. The van der Waals surface area contributed by atoms with Gasteiger partial charge >= 0.3 is 0 Å². The lowest BCUT2D eigenvalue weighted by atomic mass is 9.84. The number of rotatable bonds is 5. The first kappa shape index (κ1) is 17.6. The van der Waals surface area contributed by atoms with Crippen LogP contribution in [-0.4, -0.2) is 21.8 Å². The third-order valence-corrected chi connectivity index (χ3v) is 4.57. The summed E-state index contributed by atoms with van der Waals surface area (Å²) in [6.45, 7) is 2.74. The number of hydrogen-bond donors (Lipinski definition) is 2. The van der Waals surface area contributed by atoms with Gasteiger partial charge in [0.25, 0.3) is 0 Å². The number of nitrogens with zero attached hydrogens (tertiary/aromatic N) is 3. The maximum absolute atomic E-state index is 9.70. The fourth-order valence-corrected chi connectivity index (χ4v) is 3.28. The van der Waals surface area contributed by atoms with Crippen LogP contribution in [0.2, 0.25) is 0 Å². The number of hydrogen-bond acceptors (Lipinski definition) is 6. The van der Waals surface area contributed by atoms with Crippen LogP contribution in [0, 0.1) is 11.3 Å². The van der Waals surface area contributed by atoms with Crippen LogP contribution in [0.25, 0.3) is 11.3 Å². The molecule has 140 valence electrons. The average molecular weight is 373 g/mol. The van der Waals surface area contributed by atoms with E-state index in [0.29, 0.717) is 18.1 Å². The molecule has 4 rings (SSSR count). The van der Waals surface area contributed by atoms with E-state index in [1.54, 1.807) is 12.4 Å². The minimum atomic E-state index is -0.410. The molecule has 0 fully saturated rings. The average Bonchev–Trinajstić information content (AvgIpc) is 3.15. The van der Waals surface area contributed by atoms with Gasteiger partial charge in [0.15, 0.2) is 0 Å². The number of benzene rings is 1. The van der Waals surface area contributed by atoms with E-state index >= 15 is 0 Å². The Kier molecular flexibility index (Phi) is 4.68. The molecular formula is C21H19N5O2. The lowest BCUT2D eigenvalue weighted by Crippen LogP contribution is -2.21. The number of pyridine rings is 1. The number of aromatic amines is 1. The fraction of sp³-hybridized carbons (Fsp3) is 0.190. The Morgan fingerprint density at radius 1 is 1.29 bits per heavy atom. The summed E-state index contributed by atoms with van der Waals surface area (Å²) in [4.78, 5) is 4.19. The van der Waals surface area contributed by atoms with Gasteiger partial charge in [0.1, 0.15) is 17.4 Å². The second kappa shape index (κ2) is 7.45. The van der Waals surface area contributed by atoms with Crippen molar-refractivity contribution in [3.63, 3.8) is 0 Å². The summed E-state index contributed by atoms with van der Waals surface area (Å²) in [7, 11) is 0. The van der Waals surface area contributed by atoms with E-state index in [4.69, 9.17) is 15.2 Å². The zero-order valence-corrected chi connectivity index (χ0v) is 15.3. The van der Waals surface area contributed by atoms with Crippen molar-refractivity contribution in [1.82, 2.24) is 15.2 Å². The molecule has 3 N–H and O–H groups in total. The molecule has 0 saturated heterocycles. The Morgan fingerprint density at radius 2 is 2.11 bits per heavy atom. The highest BCUT2D eigenvalue weighted by molar-refractivity contribution is 5.71. The molecule has 1 aliphatic rings. The third kappa shape index (κ3) is 3.05. The van der Waals surface area contributed by atoms with E-state index in [2.05, 4.69) is 28.2 Å². The molecule has 0 amide bonds. The molecule has 1 unspecified atom stereocenters. The van der Waals surface area contributed by atoms with E-state index in [1.165, 1.54) is 0 Å². The highest BCUT2D eigenvalue weighted by Gasteiger charge is 2.35. The van der Waals surface area contributed by atoms with Crippen molar-refractivity contribution in [3.05, 3.63) is 71.4 Å². The number of nitriles is 1. The SMILES string of the molecule is CCCOc1ccc(-c2[nH]nc3c2C(c2cccnc2)C(C#N)=C(N)O3)cc1. The minimum absolute atomic E-state index is 0.0604. The Labute approximate surface area is 162 Å². The zero-order chi connectivity index (χ0) is 19.5. The lowest BCUT2D eigenvalue weighted by Gasteiger charge is -2.23. The molecule has 7 nitrogen and oxygen atoms in total. The molecule has 7 heteroatoms. The van der Waals surface area contributed by atoms with Crippen LogP contribution in [0.15, 0.2) is 60.2 Å². The summed E-state index contributed by atoms with van der Waals surface area (Å²) in [5.41, 5.74) is 9.62. The summed E-state index contributed by atoms with van der Waals surface area (Å²) in [6, 6.07) is 13.7. The molecule has 28 heavy (non-hydrogen) atoms. The van der Waals surface area contributed by atoms with Crippen molar-refractivity contribution in [3.8, 4) is 29.0 Å². The van der Waals surface area contributed by atoms with Crippen LogP contribution in [0.3, 0.4) is 0 Å². The summed E-state index contributed by atoms with van der Waals surface area (Å²) >= 11 is 0. The maximum Gasteiger partial charge on any atom is 0.244 e. The van der Waals surface area contributed by atoms with Crippen molar-refractivity contribution in [2.45, 2.75) is 19.3 Å². The summed E-state index contributed by atoms with van der Waals surface area (Å²) in [6.07, 6.45) is 4.36. The second-order valence-electron chi connectivity index (χ2n) is 6.40. The van der Waals surface area contributed by atoms with E-state index in [9.17, 15) is 5.26 Å². The third-order valence-electron chi connectivity index (χ3n) is 4.57. The first-order valence-corrected chi connectivity index (χ1v) is 9.02. The Balaban J connectivity index is 1.80. The van der Waals surface area contributed by atoms with Crippen molar-refractivity contribution in [2.24, 2.45) is 5.73 Å². The highest BCUT2D eigenvalue weighted by atomic mass is 16.5. The molecule has 0 radical (unpaired) electrons. The van der Waals surface area contributed by atoms with Gasteiger partial charge in [0.05, 0.1) is 23.8 Å². The number of allylic oxidation sites excluding steroid dienone is 1. The number of H-pyrrole nitrogens is 1. The lowest BCUT2D eigenvalue weighted by molar-refractivity contribution is 0.317. The van der Waals surface area contributed by atoms with Crippen LogP contribution in [-0.2, 0) is 0 Å². The summed E-state index contributed by atoms with van der Waals surface area (Å²) in [5.74, 6) is 0.824. The van der Waals surface area contributed by atoms with Gasteiger partial charge in [-0.3, -0.25) is 10.1 Å². The van der Waals surface area contributed by atoms with Crippen molar-refractivity contribution >= 4 is 0 Å². The smallest absolute Gasteiger partial charge is 0.244 e. The van der Waals surface area contributed by atoms with Crippen LogP contribution in [0.1, 0.15) is 30.4 Å². The van der Waals surface area contributed by atoms with Crippen LogP contribution in [0.4, 0.5) is 0 Å². The number of ether oxygens (including phenoxy) is 2. The van der Waals surface area contributed by atoms with Gasteiger partial charge in [0, 0.05) is 18.0 Å². The zero-order valence-electron chi connectivity index (χ0n) is 15.3. The molecule has 0 bridgehead atoms. The molecule has 0 aliphatic carbocycles. The topological polar surface area (TPSA) is 110 Å². The first-order chi connectivity index (χ1) is 13.7. The van der Waals surface area contributed by atoms with Gasteiger partial charge in [-0.25, -0.2) is 0 Å². The number of fused-ring (bicyclic) bond motifs is 1. The first-order valence-electron chi connectivity index (χ1n) is 9.02. The maximum atomic E-state index is 9.70. The monoisotopic (exact) mass is 373 g/mol. The van der Waals surface area contributed by atoms with Crippen LogP contribution in [0.5, 0.6) is 11.6 Å². The van der Waals surface area contributed by atoms with Gasteiger partial charge < -0.3 is 15.2 Å². The molecule has 2 aromatic heterocycles. The van der Waals surface area contributed by atoms with Crippen molar-refractivity contribution in [2.75, 3.05) is 6.61 Å². The van der Waals surface area contributed by atoms with Crippen molar-refractivity contribution < 1.29 is 9.47 Å². The number of nitrogens with one attached hydrogen (secondary N) is 1. The van der Waals surface area contributed by atoms with Gasteiger partial charge in [-0.05, 0) is 42.3 Å². The summed E-state index contributed by atoms with van der Waals surface area (Å²) in [5, 5.41) is 17.0. The molecule has 3 heterocycles. The molecule has 1 atom stereocenters. The highest BCUT2D eigenvalue weighted by Crippen LogP contribution is 2.45. The Morgan fingerprint density at radius 3 is 2.79 bits per heavy atom. The molecule has 1 aliphatic heterocycles. The van der Waals surface area contributed by atoms with Gasteiger partial charge in [0.2, 0.25) is 11.8 Å². The minimum Gasteiger partial charge on any atom is -0.494 e. The summed E-state index contributed by atoms with van der Waals surface area (Å²) < 4.78 is 11.3. The molecule has 3 aromatic rings. The van der Waals surface area contributed by atoms with Crippen LogP contribution >= 0.6 is 0 Å². The van der Waals surface area contributed by atoms with Gasteiger partial charge in [-0.15, -0.1) is 5.10 Å². The predicted molar refractivity (Wildman–Crippen MR) is 103 cm³/mol. The number of aromatic nitrogens is 3. The molecule has 0 saturated carbocycles. The normalized spacial score (nSPS) is 15.5. The Bertz CT molecular complexity index is 1050. The number of nitrogens with two attached hydrogens (primary N) is 1. The van der Waals surface area contributed by atoms with E-state index in [-0.39, 0.29) is 5.88 Å². The second-order valence-corrected chi connectivity index (χ2v) is 6.40. The Hall–Kier alpha value is -3.79. The van der Waals surface area contributed by atoms with E-state index < -0.39 is 5.92 Å². The standard InChI is InChI=1S/C21H19N5O2/c1-2-10-27-15-7-5-13(6-8-15)19-18-17(14-4-3-9-24-12-14)16(11-22)20(23)28-21(18)26-25-19/h3-9,12,17H,2,10,23H2,1H3,(H,25,26). The fourth-order valence-electron chi connectivity index (χ4n) is 3.28. The molecule has 1 aromatic carbocycles. The van der Waals surface area contributed by atoms with Crippen LogP contribution < -0.4 is 15.2 Å².